The minimum absolute atomic E-state index is 0.148. The van der Waals surface area contributed by atoms with E-state index < -0.39 is 0 Å². The summed E-state index contributed by atoms with van der Waals surface area (Å²) >= 11 is 12.0. The molecule has 3 N–H and O–H groups in total. The van der Waals surface area contributed by atoms with Crippen molar-refractivity contribution in [3.63, 3.8) is 0 Å². The summed E-state index contributed by atoms with van der Waals surface area (Å²) in [5.41, 5.74) is 4.77. The maximum absolute atomic E-state index is 6.06. The lowest BCUT2D eigenvalue weighted by atomic mass is 9.99. The number of benzene rings is 2. The highest BCUT2D eigenvalue weighted by atomic mass is 35.5. The van der Waals surface area contributed by atoms with Gasteiger partial charge in [-0.15, -0.1) is 0 Å². The van der Waals surface area contributed by atoms with Crippen LogP contribution in [0.1, 0.15) is 31.0 Å². The van der Waals surface area contributed by atoms with Crippen LogP contribution < -0.4 is 16.0 Å². The number of hydrogen-bond donors (Lipinski definition) is 2. The fourth-order valence-corrected chi connectivity index (χ4v) is 2.39. The van der Waals surface area contributed by atoms with Crippen LogP contribution >= 0.6 is 23.2 Å². The number of ether oxygens (including phenoxy) is 1. The molecule has 21 heavy (non-hydrogen) atoms. The van der Waals surface area contributed by atoms with Gasteiger partial charge in [0.05, 0.1) is 22.2 Å². The maximum Gasteiger partial charge on any atom is 0.119 e. The van der Waals surface area contributed by atoms with E-state index >= 15 is 0 Å². The van der Waals surface area contributed by atoms with Gasteiger partial charge in [-0.1, -0.05) is 41.4 Å². The summed E-state index contributed by atoms with van der Waals surface area (Å²) in [5.74, 6) is 6.52. The molecular formula is C16H18Cl2N2O. The second-order valence-corrected chi connectivity index (χ2v) is 5.82. The van der Waals surface area contributed by atoms with Crippen LogP contribution in [0, 0.1) is 0 Å². The second-order valence-electron chi connectivity index (χ2n) is 5.01. The van der Waals surface area contributed by atoms with E-state index in [0.717, 1.165) is 16.9 Å². The SMILES string of the molecule is CC(C)Oc1ccc(C(NN)c2ccc(Cl)c(Cl)c2)cc1. The number of halogens is 2. The highest BCUT2D eigenvalue weighted by Crippen LogP contribution is 2.29. The Balaban J connectivity index is 2.26. The molecular weight excluding hydrogens is 307 g/mol. The van der Waals surface area contributed by atoms with Crippen molar-refractivity contribution in [3.8, 4) is 5.75 Å². The molecule has 0 bridgehead atoms. The Morgan fingerprint density at radius 2 is 1.57 bits per heavy atom. The van der Waals surface area contributed by atoms with E-state index in [0.29, 0.717) is 10.0 Å². The lowest BCUT2D eigenvalue weighted by Gasteiger charge is -2.18. The van der Waals surface area contributed by atoms with E-state index in [2.05, 4.69) is 5.43 Å². The molecule has 0 saturated heterocycles. The smallest absolute Gasteiger partial charge is 0.119 e. The van der Waals surface area contributed by atoms with Crippen LogP contribution in [0.25, 0.3) is 0 Å². The second kappa shape index (κ2) is 7.14. The van der Waals surface area contributed by atoms with Crippen molar-refractivity contribution in [2.45, 2.75) is 26.0 Å². The number of hydrogen-bond acceptors (Lipinski definition) is 3. The van der Waals surface area contributed by atoms with E-state index in [-0.39, 0.29) is 12.1 Å². The number of hydrazine groups is 1. The minimum Gasteiger partial charge on any atom is -0.491 e. The van der Waals surface area contributed by atoms with Gasteiger partial charge in [-0.2, -0.15) is 0 Å². The third-order valence-corrected chi connectivity index (χ3v) is 3.77. The number of nitrogens with two attached hydrogens (primary N) is 1. The van der Waals surface area contributed by atoms with Gasteiger partial charge in [-0.3, -0.25) is 5.84 Å². The van der Waals surface area contributed by atoms with Crippen molar-refractivity contribution in [1.29, 1.82) is 0 Å². The molecule has 0 aliphatic rings. The predicted octanol–water partition coefficient (Wildman–Crippen LogP) is 4.33. The van der Waals surface area contributed by atoms with Gasteiger partial charge in [0.2, 0.25) is 0 Å². The fraction of sp³-hybridized carbons (Fsp3) is 0.250. The molecule has 0 amide bonds. The Kier molecular flexibility index (Phi) is 5.48. The van der Waals surface area contributed by atoms with Gasteiger partial charge in [0.25, 0.3) is 0 Å². The van der Waals surface area contributed by atoms with E-state index in [9.17, 15) is 0 Å². The summed E-state index contributed by atoms with van der Waals surface area (Å²) in [5, 5.41) is 1.03. The lowest BCUT2D eigenvalue weighted by molar-refractivity contribution is 0.242. The molecule has 0 aromatic heterocycles. The zero-order valence-corrected chi connectivity index (χ0v) is 13.4. The van der Waals surface area contributed by atoms with Crippen LogP contribution in [0.4, 0.5) is 0 Å². The molecule has 1 unspecified atom stereocenters. The zero-order chi connectivity index (χ0) is 15.4. The van der Waals surface area contributed by atoms with Crippen molar-refractivity contribution in [2.24, 2.45) is 5.84 Å². The van der Waals surface area contributed by atoms with E-state index in [4.69, 9.17) is 33.8 Å². The molecule has 0 radical (unpaired) electrons. The molecule has 0 spiro atoms. The molecule has 2 rings (SSSR count). The molecule has 1 atom stereocenters. The molecule has 0 fully saturated rings. The first-order valence-corrected chi connectivity index (χ1v) is 7.44. The van der Waals surface area contributed by atoms with E-state index in [1.54, 1.807) is 6.07 Å². The fourth-order valence-electron chi connectivity index (χ4n) is 2.09. The molecule has 112 valence electrons. The van der Waals surface area contributed by atoms with Gasteiger partial charge in [0, 0.05) is 0 Å². The summed E-state index contributed by atoms with van der Waals surface area (Å²) in [6, 6.07) is 13.1. The van der Waals surface area contributed by atoms with E-state index in [1.807, 2.05) is 50.2 Å². The Hall–Kier alpha value is -1.26. The summed E-state index contributed by atoms with van der Waals surface area (Å²) in [4.78, 5) is 0. The zero-order valence-electron chi connectivity index (χ0n) is 11.9. The van der Waals surface area contributed by atoms with Gasteiger partial charge in [0.1, 0.15) is 5.75 Å². The monoisotopic (exact) mass is 324 g/mol. The van der Waals surface area contributed by atoms with Crippen LogP contribution in [0.3, 0.4) is 0 Å². The van der Waals surface area contributed by atoms with Gasteiger partial charge >= 0.3 is 0 Å². The first kappa shape index (κ1) is 16.1. The molecule has 2 aromatic carbocycles. The largest absolute Gasteiger partial charge is 0.491 e. The third kappa shape index (κ3) is 4.11. The summed E-state index contributed by atoms with van der Waals surface area (Å²) in [6.07, 6.45) is 0.148. The predicted molar refractivity (Wildman–Crippen MR) is 87.8 cm³/mol. The minimum atomic E-state index is -0.159. The Bertz CT molecular complexity index is 600. The van der Waals surface area contributed by atoms with Gasteiger partial charge in [0.15, 0.2) is 0 Å². The first-order valence-electron chi connectivity index (χ1n) is 6.69. The maximum atomic E-state index is 6.06. The Morgan fingerprint density at radius 1 is 0.952 bits per heavy atom. The first-order chi connectivity index (χ1) is 10.0. The third-order valence-electron chi connectivity index (χ3n) is 3.03. The lowest BCUT2D eigenvalue weighted by Crippen LogP contribution is -2.28. The van der Waals surface area contributed by atoms with Crippen molar-refractivity contribution >= 4 is 23.2 Å². The molecule has 0 heterocycles. The Morgan fingerprint density at radius 3 is 2.10 bits per heavy atom. The average molecular weight is 325 g/mol. The summed E-state index contributed by atoms with van der Waals surface area (Å²) in [7, 11) is 0. The van der Waals surface area contributed by atoms with Crippen molar-refractivity contribution in [2.75, 3.05) is 0 Å². The highest BCUT2D eigenvalue weighted by molar-refractivity contribution is 6.42. The van der Waals surface area contributed by atoms with Crippen LogP contribution in [0.2, 0.25) is 10.0 Å². The normalized spacial score (nSPS) is 12.5. The number of rotatable bonds is 5. The molecule has 3 nitrogen and oxygen atoms in total. The standard InChI is InChI=1S/C16H18Cl2N2O/c1-10(2)21-13-6-3-11(4-7-13)16(20-19)12-5-8-14(17)15(18)9-12/h3-10,16,20H,19H2,1-2H3. The molecule has 0 saturated carbocycles. The topological polar surface area (TPSA) is 47.3 Å². The van der Waals surface area contributed by atoms with Gasteiger partial charge < -0.3 is 4.74 Å². The summed E-state index contributed by atoms with van der Waals surface area (Å²) < 4.78 is 5.63. The van der Waals surface area contributed by atoms with Gasteiger partial charge in [-0.25, -0.2) is 5.43 Å². The molecule has 0 aliphatic carbocycles. The Labute approximate surface area is 135 Å². The van der Waals surface area contributed by atoms with Crippen molar-refractivity contribution < 1.29 is 4.74 Å². The van der Waals surface area contributed by atoms with Crippen LogP contribution in [0.15, 0.2) is 42.5 Å². The number of nitrogens with one attached hydrogen (secondary N) is 1. The van der Waals surface area contributed by atoms with E-state index in [1.165, 1.54) is 0 Å². The quantitative estimate of drug-likeness (QED) is 0.635. The van der Waals surface area contributed by atoms with Crippen LogP contribution in [-0.4, -0.2) is 6.10 Å². The molecule has 5 heteroatoms. The van der Waals surface area contributed by atoms with Crippen molar-refractivity contribution in [3.05, 3.63) is 63.6 Å². The van der Waals surface area contributed by atoms with Crippen molar-refractivity contribution in [1.82, 2.24) is 5.43 Å². The summed E-state index contributed by atoms with van der Waals surface area (Å²) in [6.45, 7) is 3.99. The van der Waals surface area contributed by atoms with Crippen LogP contribution in [-0.2, 0) is 0 Å². The van der Waals surface area contributed by atoms with Crippen LogP contribution in [0.5, 0.6) is 5.75 Å². The molecule has 0 aliphatic heterocycles. The van der Waals surface area contributed by atoms with Gasteiger partial charge in [-0.05, 0) is 49.2 Å². The average Bonchev–Trinajstić information content (AvgIpc) is 2.45. The molecule has 2 aromatic rings. The highest BCUT2D eigenvalue weighted by Gasteiger charge is 2.14.